The molecule has 2 aromatic rings. The lowest BCUT2D eigenvalue weighted by molar-refractivity contribution is -0.123. The Morgan fingerprint density at radius 3 is 2.57 bits per heavy atom. The van der Waals surface area contributed by atoms with Crippen LogP contribution in [0.15, 0.2) is 59.7 Å². The number of anilines is 1. The second-order valence-corrected chi connectivity index (χ2v) is 6.76. The smallest absolute Gasteiger partial charge is 0.270 e. The van der Waals surface area contributed by atoms with Gasteiger partial charge < -0.3 is 15.4 Å². The number of rotatable bonds is 7. The number of carbonyl (C=O) groups excluding carboxylic acids is 2. The number of ether oxygens (including phenoxy) is 1. The van der Waals surface area contributed by atoms with E-state index in [-0.39, 0.29) is 24.6 Å². The van der Waals surface area contributed by atoms with E-state index in [0.29, 0.717) is 23.0 Å². The molecule has 0 saturated carbocycles. The first kappa shape index (κ1) is 19.7. The molecule has 2 amide bonds. The molecule has 0 fully saturated rings. The highest BCUT2D eigenvalue weighted by Crippen LogP contribution is 2.25. The van der Waals surface area contributed by atoms with Crippen molar-refractivity contribution >= 4 is 34.8 Å². The summed E-state index contributed by atoms with van der Waals surface area (Å²) in [5.41, 5.74) is 6.50. The Morgan fingerprint density at radius 2 is 1.89 bits per heavy atom. The summed E-state index contributed by atoms with van der Waals surface area (Å²) in [7, 11) is 1.66. The average molecular weight is 401 g/mol. The minimum Gasteiger partial charge on any atom is -0.490 e. The fraction of sp³-hybridized carbons (Fsp3) is 0.250. The summed E-state index contributed by atoms with van der Waals surface area (Å²) in [5.74, 6) is -0.236. The van der Waals surface area contributed by atoms with Crippen molar-refractivity contribution in [3.8, 4) is 5.75 Å². The van der Waals surface area contributed by atoms with Gasteiger partial charge in [0.05, 0.1) is 17.3 Å². The highest BCUT2D eigenvalue weighted by molar-refractivity contribution is 6.40. The first-order valence-corrected chi connectivity index (χ1v) is 9.19. The first-order valence-electron chi connectivity index (χ1n) is 8.81. The number of carbonyl (C=O) groups is 2. The number of hydrazone groups is 1. The first-order chi connectivity index (χ1) is 13.5. The zero-order valence-electron chi connectivity index (χ0n) is 15.4. The topological polar surface area (TPSA) is 88.2 Å². The normalized spacial score (nSPS) is 15.9. The van der Waals surface area contributed by atoms with Gasteiger partial charge in [0, 0.05) is 13.5 Å². The van der Waals surface area contributed by atoms with Crippen LogP contribution in [-0.4, -0.2) is 48.7 Å². The minimum absolute atomic E-state index is 0.165. The predicted molar refractivity (Wildman–Crippen MR) is 109 cm³/mol. The summed E-state index contributed by atoms with van der Waals surface area (Å²) in [6.45, 7) is 0.622. The molecule has 1 aliphatic heterocycles. The van der Waals surface area contributed by atoms with Crippen molar-refractivity contribution in [1.29, 1.82) is 0 Å². The van der Waals surface area contributed by atoms with Gasteiger partial charge in [-0.15, -0.1) is 0 Å². The van der Waals surface area contributed by atoms with Gasteiger partial charge in [-0.2, -0.15) is 5.10 Å². The van der Waals surface area contributed by atoms with E-state index in [1.165, 1.54) is 9.91 Å². The van der Waals surface area contributed by atoms with Crippen molar-refractivity contribution in [2.75, 3.05) is 25.2 Å². The van der Waals surface area contributed by atoms with E-state index < -0.39 is 11.9 Å². The van der Waals surface area contributed by atoms with E-state index in [0.717, 1.165) is 0 Å². The van der Waals surface area contributed by atoms with Gasteiger partial charge in [-0.05, 0) is 24.3 Å². The third-order valence-electron chi connectivity index (χ3n) is 4.37. The van der Waals surface area contributed by atoms with Gasteiger partial charge in [0.15, 0.2) is 0 Å². The number of nitrogens with zero attached hydrogens (tertiary/aromatic N) is 3. The van der Waals surface area contributed by atoms with Crippen molar-refractivity contribution in [3.63, 3.8) is 0 Å². The Morgan fingerprint density at radius 1 is 1.21 bits per heavy atom. The van der Waals surface area contributed by atoms with E-state index in [1.807, 2.05) is 42.5 Å². The zero-order chi connectivity index (χ0) is 20.1. The summed E-state index contributed by atoms with van der Waals surface area (Å²) >= 11 is 6.05. The highest BCUT2D eigenvalue weighted by Gasteiger charge is 2.35. The van der Waals surface area contributed by atoms with Gasteiger partial charge in [0.25, 0.3) is 5.91 Å². The molecule has 1 atom stereocenters. The third kappa shape index (κ3) is 4.43. The number of nitrogens with two attached hydrogens (primary N) is 1. The van der Waals surface area contributed by atoms with E-state index in [2.05, 4.69) is 5.10 Å². The Kier molecular flexibility index (Phi) is 6.16. The van der Waals surface area contributed by atoms with Crippen LogP contribution in [0, 0.1) is 0 Å². The summed E-state index contributed by atoms with van der Waals surface area (Å²) in [4.78, 5) is 26.1. The molecule has 0 aromatic heterocycles. The number of hydrogen-bond acceptors (Lipinski definition) is 5. The molecule has 8 heteroatoms. The molecule has 0 aliphatic carbocycles. The number of hydrogen-bond donors (Lipinski definition) is 1. The highest BCUT2D eigenvalue weighted by atomic mass is 35.5. The van der Waals surface area contributed by atoms with Crippen molar-refractivity contribution in [2.24, 2.45) is 10.8 Å². The number of likely N-dealkylation sites (N-methyl/N-ethyl adjacent to an activating group) is 1. The number of amides is 2. The SMILES string of the molecule is CN(CCOc1ccccc1Cl)C(=O)C1=NN(c2ccccc2)C(C(N)=O)C1. The fourth-order valence-electron chi connectivity index (χ4n) is 2.86. The van der Waals surface area contributed by atoms with Crippen LogP contribution in [0.2, 0.25) is 5.02 Å². The molecule has 0 spiro atoms. The molecule has 1 heterocycles. The maximum Gasteiger partial charge on any atom is 0.270 e. The van der Waals surface area contributed by atoms with Gasteiger partial charge in [0.2, 0.25) is 5.91 Å². The third-order valence-corrected chi connectivity index (χ3v) is 4.69. The predicted octanol–water partition coefficient (Wildman–Crippen LogP) is 2.30. The lowest BCUT2D eigenvalue weighted by Gasteiger charge is -2.20. The summed E-state index contributed by atoms with van der Waals surface area (Å²) in [6, 6.07) is 15.6. The van der Waals surface area contributed by atoms with Gasteiger partial charge in [-0.1, -0.05) is 41.9 Å². The van der Waals surface area contributed by atoms with Crippen molar-refractivity contribution in [2.45, 2.75) is 12.5 Å². The molecule has 2 aromatic carbocycles. The largest absolute Gasteiger partial charge is 0.490 e. The summed E-state index contributed by atoms with van der Waals surface area (Å²) < 4.78 is 5.62. The van der Waals surface area contributed by atoms with Crippen molar-refractivity contribution < 1.29 is 14.3 Å². The van der Waals surface area contributed by atoms with Crippen LogP contribution in [0.4, 0.5) is 5.69 Å². The lowest BCUT2D eigenvalue weighted by atomic mass is 10.1. The van der Waals surface area contributed by atoms with Crippen LogP contribution in [0.1, 0.15) is 6.42 Å². The molecule has 7 nitrogen and oxygen atoms in total. The molecule has 0 saturated heterocycles. The van der Waals surface area contributed by atoms with E-state index >= 15 is 0 Å². The second kappa shape index (κ2) is 8.75. The van der Waals surface area contributed by atoms with Crippen LogP contribution in [0.3, 0.4) is 0 Å². The molecular weight excluding hydrogens is 380 g/mol. The standard InChI is InChI=1S/C20H21ClN4O3/c1-24(11-12-28-18-10-6-5-9-15(18)21)20(27)16-13-17(19(22)26)25(23-16)14-7-3-2-4-8-14/h2-10,17H,11-13H2,1H3,(H2,22,26). The summed E-state index contributed by atoms with van der Waals surface area (Å²) in [5, 5.41) is 6.38. The van der Waals surface area contributed by atoms with E-state index in [1.54, 1.807) is 19.2 Å². The van der Waals surface area contributed by atoms with Crippen LogP contribution >= 0.6 is 11.6 Å². The molecule has 146 valence electrons. The van der Waals surface area contributed by atoms with Crippen LogP contribution in [-0.2, 0) is 9.59 Å². The second-order valence-electron chi connectivity index (χ2n) is 6.35. The Hall–Kier alpha value is -3.06. The molecule has 2 N–H and O–H groups in total. The van der Waals surface area contributed by atoms with Crippen LogP contribution < -0.4 is 15.5 Å². The summed E-state index contributed by atoms with van der Waals surface area (Å²) in [6.07, 6.45) is 0.165. The molecule has 0 bridgehead atoms. The monoisotopic (exact) mass is 400 g/mol. The van der Waals surface area contributed by atoms with Gasteiger partial charge >= 0.3 is 0 Å². The molecule has 1 unspecified atom stereocenters. The number of halogens is 1. The molecule has 1 aliphatic rings. The maximum absolute atomic E-state index is 12.7. The maximum atomic E-state index is 12.7. The molecule has 3 rings (SSSR count). The van der Waals surface area contributed by atoms with Crippen LogP contribution in [0.5, 0.6) is 5.75 Å². The molecule has 0 radical (unpaired) electrons. The van der Waals surface area contributed by atoms with E-state index in [4.69, 9.17) is 22.1 Å². The molecular formula is C20H21ClN4O3. The number of benzene rings is 2. The van der Waals surface area contributed by atoms with E-state index in [9.17, 15) is 9.59 Å². The van der Waals surface area contributed by atoms with Crippen LogP contribution in [0.25, 0.3) is 0 Å². The van der Waals surface area contributed by atoms with Gasteiger partial charge in [0.1, 0.15) is 24.1 Å². The Labute approximate surface area is 168 Å². The number of primary amides is 1. The molecule has 28 heavy (non-hydrogen) atoms. The zero-order valence-corrected chi connectivity index (χ0v) is 16.2. The minimum atomic E-state index is -0.686. The Balaban J connectivity index is 1.64. The Bertz CT molecular complexity index is 888. The van der Waals surface area contributed by atoms with Crippen molar-refractivity contribution in [3.05, 3.63) is 59.6 Å². The fourth-order valence-corrected chi connectivity index (χ4v) is 3.05. The van der Waals surface area contributed by atoms with Crippen molar-refractivity contribution in [1.82, 2.24) is 4.90 Å². The van der Waals surface area contributed by atoms with Gasteiger partial charge in [-0.25, -0.2) is 0 Å². The average Bonchev–Trinajstić information content (AvgIpc) is 3.15. The van der Waals surface area contributed by atoms with Gasteiger partial charge in [-0.3, -0.25) is 14.6 Å². The lowest BCUT2D eigenvalue weighted by Crippen LogP contribution is -2.40. The number of para-hydroxylation sites is 2. The quantitative estimate of drug-likeness (QED) is 0.772.